The number of phenols is 2. The first-order chi connectivity index (χ1) is 52.0. The first-order valence-corrected chi connectivity index (χ1v) is 38.7. The maximum atomic E-state index is 13.1. The van der Waals surface area contributed by atoms with Crippen LogP contribution < -0.4 is 55.2 Å². The zero-order valence-corrected chi connectivity index (χ0v) is 70.2. The monoisotopic (exact) mass is 1660 g/mol. The molecular weight excluding hydrogens is 1550 g/mol. The highest BCUT2D eigenvalue weighted by atomic mass is 35.5. The summed E-state index contributed by atoms with van der Waals surface area (Å²) in [6.07, 6.45) is 8.20. The first-order valence-electron chi connectivity index (χ1n) is 37.2. The van der Waals surface area contributed by atoms with Gasteiger partial charge >= 0.3 is 36.2 Å². The van der Waals surface area contributed by atoms with Crippen LogP contribution >= 0.6 is 46.4 Å². The number of hydrogen-bond donors (Lipinski definition) is 8. The molecule has 4 aromatic carbocycles. The molecule has 27 nitrogen and oxygen atoms in total. The topological polar surface area (TPSA) is 363 Å². The predicted molar refractivity (Wildman–Crippen MR) is 426 cm³/mol. The van der Waals surface area contributed by atoms with E-state index in [1.807, 2.05) is 103 Å². The fourth-order valence-electron chi connectivity index (χ4n) is 14.4. The largest absolute Gasteiger partial charge is 0.504 e. The van der Waals surface area contributed by atoms with Gasteiger partial charge in [0.1, 0.15) is 16.8 Å². The van der Waals surface area contributed by atoms with E-state index in [4.69, 9.17) is 93.8 Å². The van der Waals surface area contributed by atoms with Gasteiger partial charge in [-0.3, -0.25) is 9.59 Å². The van der Waals surface area contributed by atoms with Gasteiger partial charge in [-0.1, -0.05) is 53.8 Å². The highest BCUT2D eigenvalue weighted by Crippen LogP contribution is 2.55. The third-order valence-electron chi connectivity index (χ3n) is 20.4. The maximum Gasteiger partial charge on any atom is 0.407 e. The Kier molecular flexibility index (Phi) is 29.3. The lowest BCUT2D eigenvalue weighted by atomic mass is 9.81. The van der Waals surface area contributed by atoms with Crippen LogP contribution in [0, 0.1) is 59.3 Å². The molecule has 31 heteroatoms. The van der Waals surface area contributed by atoms with E-state index in [1.54, 1.807) is 32.9 Å². The number of esters is 2. The smallest absolute Gasteiger partial charge is 0.407 e. The van der Waals surface area contributed by atoms with E-state index in [0.717, 1.165) is 88.3 Å². The van der Waals surface area contributed by atoms with Crippen molar-refractivity contribution in [2.24, 2.45) is 17.8 Å². The molecule has 3 unspecified atom stereocenters. The molecule has 3 aliphatic carbocycles. The van der Waals surface area contributed by atoms with Crippen LogP contribution in [-0.2, 0) is 30.2 Å². The number of carboxylic acid groups (broad SMARTS) is 1. The van der Waals surface area contributed by atoms with Crippen molar-refractivity contribution in [3.05, 3.63) is 122 Å². The van der Waals surface area contributed by atoms with Gasteiger partial charge in [0.05, 0.1) is 51.0 Å². The third-order valence-corrected chi connectivity index (χ3v) is 21.5. The van der Waals surface area contributed by atoms with E-state index in [9.17, 15) is 53.7 Å². The summed E-state index contributed by atoms with van der Waals surface area (Å²) in [4.78, 5) is 99.1. The molecule has 3 atom stereocenters. The quantitative estimate of drug-likeness (QED) is 0.0327. The fraction of sp³-hybridized carbons (Fsp3) is 0.561. The molecule has 4 heterocycles. The zero-order valence-electron chi connectivity index (χ0n) is 67.2. The number of aromatic amines is 1. The molecular formula is C82H109Cl4N5O22. The maximum absolute atomic E-state index is 13.1. The number of carboxylic acids is 1. The number of ether oxygens (including phenoxy) is 11. The van der Waals surface area contributed by atoms with Crippen LogP contribution in [0.25, 0.3) is 0 Å². The van der Waals surface area contributed by atoms with Crippen LogP contribution in [0.2, 0.25) is 20.1 Å². The summed E-state index contributed by atoms with van der Waals surface area (Å²) < 4.78 is 62.7. The normalized spacial score (nSPS) is 22.4. The van der Waals surface area contributed by atoms with Crippen LogP contribution in [0.3, 0.4) is 0 Å². The molecule has 1 aromatic heterocycles. The van der Waals surface area contributed by atoms with Crippen molar-refractivity contribution in [1.29, 1.82) is 0 Å². The number of aromatic hydroxyl groups is 2. The molecule has 0 spiro atoms. The standard InChI is InChI=1S/C29H38ClN3O6.C22H30ClNO6.C21H28ClNO6.C9H9ClO4.CH4/c1-15-12-16(2)32-26(35)21(15)14-31-25(34)20-13-22(30)24-23(17(20)3)37-29(7,38-24)18-8-10-19(11-9-18)33-27(36)39-28(4,5)6;1-12-15(19(25)27-6)11-16(23)18-17(12)28-22(5,29-18)13-7-9-14(10-8-13)24-20(26)30-21(2,3)4;1-11-14(18(24)25)10-15(22)17-16(11)27-21(5,28-17)12-6-8-13(9-7-12)23-19(26)29-20(2,3)4;1-4-5(9(13)14-2)3-6(10)8(12)7(4)11;/h12-13,18-19H,8-11,14H2,1-7H3,(H,31,34)(H,32,35)(H,33,36);11,13-14H,7-10H2,1-6H3,(H,24,26);10,12-13H,6-9H2,1-5H3,(H,23,26)(H,24,25);3,11-12H,1-2H3;1H4. The zero-order chi connectivity index (χ0) is 83.4. The van der Waals surface area contributed by atoms with E-state index in [1.165, 1.54) is 33.3 Å². The Bertz CT molecular complexity index is 4470. The molecule has 0 saturated heterocycles. The predicted octanol–water partition coefficient (Wildman–Crippen LogP) is 17.9. The van der Waals surface area contributed by atoms with Gasteiger partial charge in [-0.25, -0.2) is 28.8 Å². The van der Waals surface area contributed by atoms with Gasteiger partial charge < -0.3 is 93.7 Å². The summed E-state index contributed by atoms with van der Waals surface area (Å²) in [5, 5.41) is 40.4. The Morgan fingerprint density at radius 2 is 0.761 bits per heavy atom. The Morgan fingerprint density at radius 3 is 1.09 bits per heavy atom. The van der Waals surface area contributed by atoms with Crippen molar-refractivity contribution in [3.63, 3.8) is 0 Å². The molecule has 3 saturated carbocycles. The van der Waals surface area contributed by atoms with Crippen LogP contribution in [0.1, 0.15) is 248 Å². The summed E-state index contributed by atoms with van der Waals surface area (Å²) in [6, 6.07) is 7.76. The average molecular weight is 1660 g/mol. The van der Waals surface area contributed by atoms with E-state index in [0.29, 0.717) is 72.9 Å². The molecule has 5 aromatic rings. The van der Waals surface area contributed by atoms with Gasteiger partial charge in [-0.05, 0) is 217 Å². The second-order valence-corrected chi connectivity index (χ2v) is 34.1. The number of alkyl carbamates (subject to hydrolysis) is 3. The lowest BCUT2D eigenvalue weighted by molar-refractivity contribution is -0.121. The number of amides is 4. The summed E-state index contributed by atoms with van der Waals surface area (Å²) in [6.45, 7) is 32.7. The van der Waals surface area contributed by atoms with E-state index >= 15 is 0 Å². The second-order valence-electron chi connectivity index (χ2n) is 32.5. The number of phenolic OH excluding ortho intramolecular Hbond substituents is 2. The highest BCUT2D eigenvalue weighted by Gasteiger charge is 2.51. The van der Waals surface area contributed by atoms with Crippen molar-refractivity contribution >= 4 is 88.5 Å². The van der Waals surface area contributed by atoms with Crippen LogP contribution in [-0.4, -0.2) is 129 Å². The van der Waals surface area contributed by atoms with Crippen LogP contribution in [0.5, 0.6) is 46.0 Å². The van der Waals surface area contributed by atoms with Gasteiger partial charge in [0.15, 0.2) is 46.0 Å². The van der Waals surface area contributed by atoms with Gasteiger partial charge in [0, 0.05) is 102 Å². The van der Waals surface area contributed by atoms with Crippen molar-refractivity contribution in [3.8, 4) is 46.0 Å². The SMILES string of the molecule is C.COC(=O)c1cc(Cl)c(O)c(O)c1C.COC(=O)c1cc(Cl)c2c(c1C)OC(C)(C1CCC(NC(=O)OC(C)(C)C)CC1)O2.Cc1c(C(=O)O)cc(Cl)c2c1OC(C)(C1CCC(NC(=O)OC(C)(C)C)CC1)O2.Cc1cc(C)c(CNC(=O)c2cc(Cl)c3c(c2C)OC(C)(C2CCC(NC(=O)OC(C)(C)C)CC2)O3)c(=O)[nH]1. The number of carbonyl (C=O) groups is 7. The number of methoxy groups -OCH3 is 2. The lowest BCUT2D eigenvalue weighted by Crippen LogP contribution is -2.48. The molecule has 0 bridgehead atoms. The molecule has 6 aliphatic rings. The third kappa shape index (κ3) is 22.3. The summed E-state index contributed by atoms with van der Waals surface area (Å²) in [5.74, 6) is -3.24. The minimum atomic E-state index is -1.06. The van der Waals surface area contributed by atoms with Crippen molar-refractivity contribution in [2.75, 3.05) is 14.2 Å². The number of carbonyl (C=O) groups excluding carboxylic acids is 6. The Hall–Kier alpha value is -8.92. The number of pyridine rings is 1. The number of hydrogen-bond acceptors (Lipinski definition) is 21. The summed E-state index contributed by atoms with van der Waals surface area (Å²) >= 11 is 24.8. The Morgan fingerprint density at radius 1 is 0.460 bits per heavy atom. The molecule has 3 aliphatic heterocycles. The Labute approximate surface area is 680 Å². The molecule has 3 fully saturated rings. The number of nitrogens with one attached hydrogen (secondary N) is 5. The molecule has 11 rings (SSSR count). The van der Waals surface area contributed by atoms with Gasteiger partial charge in [0.25, 0.3) is 28.8 Å². The molecule has 0 radical (unpaired) electrons. The number of rotatable bonds is 12. The number of benzene rings is 4. The number of aryl methyl sites for hydroxylation is 2. The number of aromatic carboxylic acids is 1. The molecule has 4 amide bonds. The van der Waals surface area contributed by atoms with E-state index < -0.39 is 81.9 Å². The summed E-state index contributed by atoms with van der Waals surface area (Å²) in [7, 11) is 2.55. The number of H-pyrrole nitrogens is 1. The first kappa shape index (κ1) is 91.3. The minimum Gasteiger partial charge on any atom is -0.504 e. The van der Waals surface area contributed by atoms with Gasteiger partial charge in [0.2, 0.25) is 0 Å². The second kappa shape index (κ2) is 36.3. The molecule has 113 heavy (non-hydrogen) atoms. The average Bonchev–Trinajstić information content (AvgIpc) is 1.59. The molecule has 622 valence electrons. The van der Waals surface area contributed by atoms with Crippen molar-refractivity contribution in [2.45, 2.75) is 268 Å². The van der Waals surface area contributed by atoms with Crippen molar-refractivity contribution < 1.29 is 101 Å². The van der Waals surface area contributed by atoms with Crippen molar-refractivity contribution in [1.82, 2.24) is 26.3 Å². The van der Waals surface area contributed by atoms with Crippen LogP contribution in [0.15, 0.2) is 35.1 Å². The Balaban J connectivity index is 0.000000218. The summed E-state index contributed by atoms with van der Waals surface area (Å²) in [5.41, 5.74) is 3.21. The highest BCUT2D eigenvalue weighted by molar-refractivity contribution is 6.34. The minimum absolute atomic E-state index is 0. The van der Waals surface area contributed by atoms with Gasteiger partial charge in [-0.2, -0.15) is 0 Å². The van der Waals surface area contributed by atoms with E-state index in [-0.39, 0.29) is 93.1 Å². The fourth-order valence-corrected chi connectivity index (χ4v) is 15.3. The number of aromatic nitrogens is 1. The molecule has 8 N–H and O–H groups in total. The lowest BCUT2D eigenvalue weighted by Gasteiger charge is -2.37. The number of fused-ring (bicyclic) bond motifs is 3. The van der Waals surface area contributed by atoms with E-state index in [2.05, 4.69) is 31.0 Å². The van der Waals surface area contributed by atoms with Gasteiger partial charge in [-0.15, -0.1) is 0 Å². The number of halogens is 4. The van der Waals surface area contributed by atoms with Crippen LogP contribution in [0.4, 0.5) is 14.4 Å².